The smallest absolute Gasteiger partial charge is 0.243 e. The fourth-order valence-corrected chi connectivity index (χ4v) is 1.42. The van der Waals surface area contributed by atoms with E-state index >= 15 is 0 Å². The maximum absolute atomic E-state index is 11.3. The molecular formula is C8H14N2O3. The first-order chi connectivity index (χ1) is 6.15. The zero-order valence-corrected chi connectivity index (χ0v) is 7.62. The Balaban J connectivity index is 2.50. The number of rotatable bonds is 3. The number of hydrogen-bond acceptors (Lipinski definition) is 4. The molecule has 0 aliphatic carbocycles. The topological polar surface area (TPSA) is 69.6 Å². The summed E-state index contributed by atoms with van der Waals surface area (Å²) in [6.45, 7) is 0.473. The lowest BCUT2D eigenvalue weighted by molar-refractivity contribution is -0.137. The SMILES string of the molecule is CN(CCO)C1CCC(=O)NC1=O. The molecule has 0 radical (unpaired) electrons. The predicted octanol–water partition coefficient (Wildman–Crippen LogP) is -1.28. The maximum Gasteiger partial charge on any atom is 0.243 e. The second-order valence-corrected chi connectivity index (χ2v) is 3.17. The highest BCUT2D eigenvalue weighted by Gasteiger charge is 2.29. The van der Waals surface area contributed by atoms with Crippen LogP contribution in [0.1, 0.15) is 12.8 Å². The molecule has 5 nitrogen and oxygen atoms in total. The van der Waals surface area contributed by atoms with E-state index in [1.165, 1.54) is 0 Å². The van der Waals surface area contributed by atoms with Gasteiger partial charge in [-0.1, -0.05) is 0 Å². The fraction of sp³-hybridized carbons (Fsp3) is 0.750. The number of carbonyl (C=O) groups is 2. The number of nitrogens with zero attached hydrogens (tertiary/aromatic N) is 1. The summed E-state index contributed by atoms with van der Waals surface area (Å²) in [6.07, 6.45) is 0.924. The van der Waals surface area contributed by atoms with Crippen LogP contribution in [0.25, 0.3) is 0 Å². The Morgan fingerprint density at radius 1 is 1.62 bits per heavy atom. The van der Waals surface area contributed by atoms with Crippen molar-refractivity contribution in [1.29, 1.82) is 0 Å². The van der Waals surface area contributed by atoms with E-state index in [4.69, 9.17) is 5.11 Å². The maximum atomic E-state index is 11.3. The van der Waals surface area contributed by atoms with Gasteiger partial charge >= 0.3 is 0 Å². The van der Waals surface area contributed by atoms with E-state index < -0.39 is 0 Å². The van der Waals surface area contributed by atoms with E-state index in [1.54, 1.807) is 11.9 Å². The van der Waals surface area contributed by atoms with Crippen LogP contribution in [-0.4, -0.2) is 48.1 Å². The van der Waals surface area contributed by atoms with Crippen molar-refractivity contribution in [3.8, 4) is 0 Å². The summed E-state index contributed by atoms with van der Waals surface area (Å²) in [5, 5.41) is 10.9. The molecule has 2 N–H and O–H groups in total. The molecular weight excluding hydrogens is 172 g/mol. The van der Waals surface area contributed by atoms with Crippen LogP contribution in [0.15, 0.2) is 0 Å². The van der Waals surface area contributed by atoms with Gasteiger partial charge in [-0.25, -0.2) is 0 Å². The molecule has 5 heteroatoms. The molecule has 1 atom stereocenters. The summed E-state index contributed by atoms with van der Waals surface area (Å²) in [6, 6.07) is -0.273. The van der Waals surface area contributed by atoms with Crippen LogP contribution in [0.2, 0.25) is 0 Å². The Hall–Kier alpha value is -0.940. The van der Waals surface area contributed by atoms with Crippen molar-refractivity contribution in [1.82, 2.24) is 10.2 Å². The molecule has 0 aromatic carbocycles. The number of aliphatic hydroxyl groups is 1. The van der Waals surface area contributed by atoms with Crippen LogP contribution in [0.3, 0.4) is 0 Å². The number of aliphatic hydroxyl groups excluding tert-OH is 1. The number of nitrogens with one attached hydrogen (secondary N) is 1. The minimum atomic E-state index is -0.273. The standard InChI is InChI=1S/C8H14N2O3/c1-10(4-5-11)6-2-3-7(12)9-8(6)13/h6,11H,2-5H2,1H3,(H,9,12,13). The second kappa shape index (κ2) is 4.34. The molecule has 0 aromatic heterocycles. The third-order valence-corrected chi connectivity index (χ3v) is 2.19. The Morgan fingerprint density at radius 3 is 2.85 bits per heavy atom. The highest BCUT2D eigenvalue weighted by Crippen LogP contribution is 2.09. The van der Waals surface area contributed by atoms with Gasteiger partial charge in [0.25, 0.3) is 0 Å². The van der Waals surface area contributed by atoms with Crippen LogP contribution < -0.4 is 5.32 Å². The Morgan fingerprint density at radius 2 is 2.31 bits per heavy atom. The zero-order chi connectivity index (χ0) is 9.84. The largest absolute Gasteiger partial charge is 0.395 e. The Bertz CT molecular complexity index is 217. The van der Waals surface area contributed by atoms with Crippen molar-refractivity contribution in [3.63, 3.8) is 0 Å². The Kier molecular flexibility index (Phi) is 3.39. The normalized spacial score (nSPS) is 23.5. The minimum Gasteiger partial charge on any atom is -0.395 e. The highest BCUT2D eigenvalue weighted by molar-refractivity contribution is 6.00. The van der Waals surface area contributed by atoms with Crippen LogP contribution >= 0.6 is 0 Å². The van der Waals surface area contributed by atoms with Gasteiger partial charge in [0.05, 0.1) is 12.6 Å². The van der Waals surface area contributed by atoms with Crippen molar-refractivity contribution in [2.45, 2.75) is 18.9 Å². The molecule has 0 aromatic rings. The van der Waals surface area contributed by atoms with Gasteiger partial charge in [0.15, 0.2) is 0 Å². The number of likely N-dealkylation sites (N-methyl/N-ethyl adjacent to an activating group) is 1. The van der Waals surface area contributed by atoms with Gasteiger partial charge in [0, 0.05) is 13.0 Å². The first kappa shape index (κ1) is 10.1. The fourth-order valence-electron chi connectivity index (χ4n) is 1.42. The van der Waals surface area contributed by atoms with Crippen molar-refractivity contribution in [2.75, 3.05) is 20.2 Å². The lowest BCUT2D eigenvalue weighted by Crippen LogP contribution is -2.51. The summed E-state index contributed by atoms with van der Waals surface area (Å²) in [7, 11) is 1.76. The van der Waals surface area contributed by atoms with E-state index in [0.29, 0.717) is 19.4 Å². The molecule has 1 fully saturated rings. The third-order valence-electron chi connectivity index (χ3n) is 2.19. The van der Waals surface area contributed by atoms with Crippen LogP contribution in [-0.2, 0) is 9.59 Å². The second-order valence-electron chi connectivity index (χ2n) is 3.17. The van der Waals surface area contributed by atoms with Gasteiger partial charge in [-0.2, -0.15) is 0 Å². The zero-order valence-electron chi connectivity index (χ0n) is 7.62. The molecule has 2 amide bonds. The van der Waals surface area contributed by atoms with Gasteiger partial charge in [-0.3, -0.25) is 19.8 Å². The average molecular weight is 186 g/mol. The molecule has 74 valence electrons. The highest BCUT2D eigenvalue weighted by atomic mass is 16.3. The van der Waals surface area contributed by atoms with Crippen molar-refractivity contribution in [3.05, 3.63) is 0 Å². The molecule has 0 spiro atoms. The molecule has 1 aliphatic heterocycles. The van der Waals surface area contributed by atoms with Gasteiger partial charge < -0.3 is 5.11 Å². The third kappa shape index (κ3) is 2.50. The quantitative estimate of drug-likeness (QED) is 0.538. The number of piperidine rings is 1. The average Bonchev–Trinajstić information content (AvgIpc) is 2.04. The molecule has 0 saturated carbocycles. The van der Waals surface area contributed by atoms with Crippen molar-refractivity contribution < 1.29 is 14.7 Å². The number of amides is 2. The molecule has 1 heterocycles. The number of carbonyl (C=O) groups excluding carboxylic acids is 2. The van der Waals surface area contributed by atoms with E-state index in [9.17, 15) is 9.59 Å². The monoisotopic (exact) mass is 186 g/mol. The molecule has 0 bridgehead atoms. The van der Waals surface area contributed by atoms with Gasteiger partial charge in [-0.05, 0) is 13.5 Å². The number of hydrogen-bond donors (Lipinski definition) is 2. The molecule has 13 heavy (non-hydrogen) atoms. The molecule has 1 saturated heterocycles. The summed E-state index contributed by atoms with van der Waals surface area (Å²) >= 11 is 0. The first-order valence-corrected chi connectivity index (χ1v) is 4.30. The van der Waals surface area contributed by atoms with Crippen LogP contribution in [0.5, 0.6) is 0 Å². The van der Waals surface area contributed by atoms with Gasteiger partial charge in [-0.15, -0.1) is 0 Å². The van der Waals surface area contributed by atoms with E-state index in [-0.39, 0.29) is 24.5 Å². The molecule has 1 aliphatic rings. The van der Waals surface area contributed by atoms with Crippen LogP contribution in [0.4, 0.5) is 0 Å². The first-order valence-electron chi connectivity index (χ1n) is 4.30. The van der Waals surface area contributed by atoms with Crippen LogP contribution in [0, 0.1) is 0 Å². The van der Waals surface area contributed by atoms with Crippen molar-refractivity contribution in [2.24, 2.45) is 0 Å². The summed E-state index contributed by atoms with van der Waals surface area (Å²) in [5.74, 6) is -0.467. The molecule has 1 unspecified atom stereocenters. The summed E-state index contributed by atoms with van der Waals surface area (Å²) in [4.78, 5) is 23.8. The molecule has 1 rings (SSSR count). The van der Waals surface area contributed by atoms with Gasteiger partial charge in [0.2, 0.25) is 11.8 Å². The lowest BCUT2D eigenvalue weighted by atomic mass is 10.1. The van der Waals surface area contributed by atoms with Gasteiger partial charge in [0.1, 0.15) is 0 Å². The Labute approximate surface area is 76.7 Å². The van der Waals surface area contributed by atoms with Crippen molar-refractivity contribution >= 4 is 11.8 Å². The predicted molar refractivity (Wildman–Crippen MR) is 45.9 cm³/mol. The van der Waals surface area contributed by atoms with E-state index in [2.05, 4.69) is 5.32 Å². The number of imide groups is 1. The summed E-state index contributed by atoms with van der Waals surface area (Å²) in [5.41, 5.74) is 0. The minimum absolute atomic E-state index is 0.0221. The lowest BCUT2D eigenvalue weighted by Gasteiger charge is -2.28. The van der Waals surface area contributed by atoms with E-state index in [1.807, 2.05) is 0 Å². The summed E-state index contributed by atoms with van der Waals surface area (Å²) < 4.78 is 0. The van der Waals surface area contributed by atoms with E-state index in [0.717, 1.165) is 0 Å².